The largest absolute Gasteiger partial charge is 0.457 e. The molecule has 1 aliphatic rings. The highest BCUT2D eigenvalue weighted by Gasteiger charge is 2.24. The number of anilines is 1. The van der Waals surface area contributed by atoms with E-state index in [1.165, 1.54) is 18.5 Å². The summed E-state index contributed by atoms with van der Waals surface area (Å²) in [5, 5.41) is 3.47. The van der Waals surface area contributed by atoms with E-state index in [-0.39, 0.29) is 12.4 Å². The van der Waals surface area contributed by atoms with Crippen molar-refractivity contribution in [3.05, 3.63) is 54.6 Å². The topological polar surface area (TPSA) is 24.5 Å². The summed E-state index contributed by atoms with van der Waals surface area (Å²) >= 11 is 0. The molecule has 0 spiro atoms. The molecule has 0 radical (unpaired) electrons. The van der Waals surface area contributed by atoms with Crippen LogP contribution in [0.1, 0.15) is 33.1 Å². The van der Waals surface area contributed by atoms with Gasteiger partial charge in [-0.25, -0.2) is 0 Å². The summed E-state index contributed by atoms with van der Waals surface area (Å²) in [5.41, 5.74) is 1.30. The van der Waals surface area contributed by atoms with Crippen LogP contribution in [-0.4, -0.2) is 25.2 Å². The highest BCUT2D eigenvalue weighted by Crippen LogP contribution is 2.29. The molecule has 2 aromatic carbocycles. The summed E-state index contributed by atoms with van der Waals surface area (Å²) in [6, 6.07) is 19.7. The minimum absolute atomic E-state index is 0. The van der Waals surface area contributed by atoms with Gasteiger partial charge in [0.2, 0.25) is 0 Å². The maximum atomic E-state index is 5.92. The van der Waals surface area contributed by atoms with Gasteiger partial charge in [0.25, 0.3) is 0 Å². The van der Waals surface area contributed by atoms with Gasteiger partial charge in [-0.05, 0) is 75.7 Å². The average Bonchev–Trinajstić information content (AvgIpc) is 2.65. The number of nitrogens with zero attached hydrogens (tertiary/aromatic N) is 1. The van der Waals surface area contributed by atoms with Crippen LogP contribution in [0, 0.1) is 0 Å². The molecule has 1 saturated heterocycles. The molecule has 1 N–H and O–H groups in total. The van der Waals surface area contributed by atoms with Gasteiger partial charge in [-0.3, -0.25) is 0 Å². The zero-order valence-electron chi connectivity index (χ0n) is 15.2. The van der Waals surface area contributed by atoms with Crippen molar-refractivity contribution < 1.29 is 4.74 Å². The Bertz CT molecular complexity index is 612. The fourth-order valence-electron chi connectivity index (χ4n) is 3.42. The van der Waals surface area contributed by atoms with Crippen LogP contribution in [0.25, 0.3) is 0 Å². The number of rotatable bonds is 6. The Labute approximate surface area is 157 Å². The molecule has 1 unspecified atom stereocenters. The monoisotopic (exact) mass is 360 g/mol. The van der Waals surface area contributed by atoms with E-state index in [4.69, 9.17) is 4.74 Å². The summed E-state index contributed by atoms with van der Waals surface area (Å²) < 4.78 is 5.92. The van der Waals surface area contributed by atoms with Gasteiger partial charge in [-0.1, -0.05) is 25.1 Å². The molecule has 25 heavy (non-hydrogen) atoms. The molecule has 1 fully saturated rings. The van der Waals surface area contributed by atoms with Crippen molar-refractivity contribution in [2.45, 2.75) is 45.2 Å². The van der Waals surface area contributed by atoms with E-state index in [2.05, 4.69) is 48.3 Å². The Morgan fingerprint density at radius 2 is 1.60 bits per heavy atom. The lowest BCUT2D eigenvalue weighted by Crippen LogP contribution is -2.47. The third-order valence-corrected chi connectivity index (χ3v) is 4.88. The lowest BCUT2D eigenvalue weighted by molar-refractivity contribution is 0.402. The molecular formula is C21H29ClN2O. The third kappa shape index (κ3) is 5.13. The van der Waals surface area contributed by atoms with E-state index in [1.54, 1.807) is 0 Å². The van der Waals surface area contributed by atoms with Crippen molar-refractivity contribution in [2.75, 3.05) is 18.0 Å². The first-order valence-corrected chi connectivity index (χ1v) is 9.10. The molecule has 136 valence electrons. The number of hydrogen-bond acceptors (Lipinski definition) is 3. The first-order chi connectivity index (χ1) is 11.8. The minimum atomic E-state index is 0. The second-order valence-corrected chi connectivity index (χ2v) is 6.55. The van der Waals surface area contributed by atoms with Gasteiger partial charge >= 0.3 is 0 Å². The summed E-state index contributed by atoms with van der Waals surface area (Å²) in [7, 11) is 0. The van der Waals surface area contributed by atoms with Crippen molar-refractivity contribution in [1.29, 1.82) is 0 Å². The molecule has 0 aromatic heterocycles. The van der Waals surface area contributed by atoms with E-state index in [0.717, 1.165) is 31.0 Å². The van der Waals surface area contributed by atoms with Crippen LogP contribution >= 0.6 is 12.4 Å². The van der Waals surface area contributed by atoms with Gasteiger partial charge in [0.05, 0.1) is 0 Å². The van der Waals surface area contributed by atoms with Crippen molar-refractivity contribution in [3.8, 4) is 11.5 Å². The quantitative estimate of drug-likeness (QED) is 0.760. The normalized spacial score (nSPS) is 15.9. The van der Waals surface area contributed by atoms with Crippen molar-refractivity contribution >= 4 is 18.1 Å². The van der Waals surface area contributed by atoms with Crippen LogP contribution in [0.15, 0.2) is 54.6 Å². The molecule has 1 heterocycles. The molecule has 0 saturated carbocycles. The molecule has 2 aromatic rings. The predicted molar refractivity (Wildman–Crippen MR) is 108 cm³/mol. The fourth-order valence-corrected chi connectivity index (χ4v) is 3.42. The van der Waals surface area contributed by atoms with Gasteiger partial charge in [0.1, 0.15) is 11.5 Å². The van der Waals surface area contributed by atoms with Gasteiger partial charge in [-0.15, -0.1) is 12.4 Å². The van der Waals surface area contributed by atoms with Gasteiger partial charge in [0, 0.05) is 17.8 Å². The standard InChI is InChI=1S/C21H28N2O.ClH/c1-3-17(2)23(19-13-15-22-16-14-19)18-9-11-21(12-10-18)24-20-7-5-4-6-8-20;/h4-12,17,19,22H,3,13-16H2,1-2H3;1H. The van der Waals surface area contributed by atoms with E-state index in [9.17, 15) is 0 Å². The van der Waals surface area contributed by atoms with Crippen LogP contribution in [0.2, 0.25) is 0 Å². The number of nitrogens with one attached hydrogen (secondary N) is 1. The third-order valence-electron chi connectivity index (χ3n) is 4.88. The molecule has 3 rings (SSSR count). The summed E-state index contributed by atoms with van der Waals surface area (Å²) in [6.07, 6.45) is 3.59. The van der Waals surface area contributed by atoms with Crippen LogP contribution in [-0.2, 0) is 0 Å². The Morgan fingerprint density at radius 1 is 1.00 bits per heavy atom. The van der Waals surface area contributed by atoms with Gasteiger partial charge in [0.15, 0.2) is 0 Å². The lowest BCUT2D eigenvalue weighted by atomic mass is 10.0. The van der Waals surface area contributed by atoms with Gasteiger partial charge < -0.3 is 15.0 Å². The predicted octanol–water partition coefficient (Wildman–Crippen LogP) is 5.26. The number of para-hydroxylation sites is 1. The highest BCUT2D eigenvalue weighted by molar-refractivity contribution is 5.85. The second kappa shape index (κ2) is 9.69. The Kier molecular flexibility index (Phi) is 7.60. The summed E-state index contributed by atoms with van der Waals surface area (Å²) in [4.78, 5) is 2.60. The molecule has 0 amide bonds. The van der Waals surface area contributed by atoms with Crippen LogP contribution in [0.4, 0.5) is 5.69 Å². The first kappa shape index (κ1) is 19.6. The lowest BCUT2D eigenvalue weighted by Gasteiger charge is -2.40. The minimum Gasteiger partial charge on any atom is -0.457 e. The fraction of sp³-hybridized carbons (Fsp3) is 0.429. The van der Waals surface area contributed by atoms with E-state index in [1.807, 2.05) is 30.3 Å². The number of benzene rings is 2. The number of ether oxygens (including phenoxy) is 1. The van der Waals surface area contributed by atoms with E-state index >= 15 is 0 Å². The Hall–Kier alpha value is -1.71. The number of piperidine rings is 1. The highest BCUT2D eigenvalue weighted by atomic mass is 35.5. The molecule has 1 aliphatic heterocycles. The summed E-state index contributed by atoms with van der Waals surface area (Å²) in [6.45, 7) is 6.83. The molecular weight excluding hydrogens is 332 g/mol. The van der Waals surface area contributed by atoms with Crippen LogP contribution < -0.4 is 15.0 Å². The molecule has 0 aliphatic carbocycles. The van der Waals surface area contributed by atoms with E-state index < -0.39 is 0 Å². The van der Waals surface area contributed by atoms with Crippen molar-refractivity contribution in [2.24, 2.45) is 0 Å². The van der Waals surface area contributed by atoms with Gasteiger partial charge in [-0.2, -0.15) is 0 Å². The van der Waals surface area contributed by atoms with Crippen LogP contribution in [0.5, 0.6) is 11.5 Å². The average molecular weight is 361 g/mol. The van der Waals surface area contributed by atoms with Crippen molar-refractivity contribution in [3.63, 3.8) is 0 Å². The SMILES string of the molecule is CCC(C)N(c1ccc(Oc2ccccc2)cc1)C1CCNCC1.Cl. The molecule has 3 nitrogen and oxygen atoms in total. The Balaban J connectivity index is 0.00000225. The summed E-state index contributed by atoms with van der Waals surface area (Å²) in [5.74, 6) is 1.77. The van der Waals surface area contributed by atoms with Crippen molar-refractivity contribution in [1.82, 2.24) is 5.32 Å². The zero-order valence-corrected chi connectivity index (χ0v) is 16.0. The first-order valence-electron chi connectivity index (χ1n) is 9.10. The molecule has 0 bridgehead atoms. The Morgan fingerprint density at radius 3 is 2.20 bits per heavy atom. The maximum absolute atomic E-state index is 5.92. The number of hydrogen-bond donors (Lipinski definition) is 1. The van der Waals surface area contributed by atoms with Crippen LogP contribution in [0.3, 0.4) is 0 Å². The smallest absolute Gasteiger partial charge is 0.127 e. The second-order valence-electron chi connectivity index (χ2n) is 6.55. The number of halogens is 1. The maximum Gasteiger partial charge on any atom is 0.127 e. The molecule has 4 heteroatoms. The van der Waals surface area contributed by atoms with E-state index in [0.29, 0.717) is 12.1 Å². The molecule has 1 atom stereocenters. The zero-order chi connectivity index (χ0) is 16.8.